The summed E-state index contributed by atoms with van der Waals surface area (Å²) >= 11 is 0. The molecule has 2 aromatic rings. The third-order valence-corrected chi connectivity index (χ3v) is 8.53. The fourth-order valence-electron chi connectivity index (χ4n) is 6.62. The van der Waals surface area contributed by atoms with Gasteiger partial charge in [0.1, 0.15) is 28.6 Å². The number of ketones is 2. The van der Waals surface area contributed by atoms with Gasteiger partial charge in [-0.25, -0.2) is 0 Å². The van der Waals surface area contributed by atoms with Crippen LogP contribution in [0.2, 0.25) is 0 Å². The lowest BCUT2D eigenvalue weighted by molar-refractivity contribution is -0.169. The van der Waals surface area contributed by atoms with Crippen molar-refractivity contribution in [2.24, 2.45) is 17.6 Å². The van der Waals surface area contributed by atoms with E-state index in [2.05, 4.69) is 0 Å². The Labute approximate surface area is 229 Å². The number of methoxy groups -OCH3 is 1. The van der Waals surface area contributed by atoms with E-state index in [9.17, 15) is 39.9 Å². The summed E-state index contributed by atoms with van der Waals surface area (Å²) in [7, 11) is 4.44. The molecule has 0 radical (unpaired) electrons. The molecule has 0 bridgehead atoms. The molecule has 1 saturated carbocycles. The predicted octanol–water partition coefficient (Wildman–Crippen LogP) is 1.17. The Hall–Kier alpha value is -4.19. The van der Waals surface area contributed by atoms with E-state index in [1.54, 1.807) is 43.3 Å². The number of benzene rings is 2. The molecule has 11 heteroatoms. The van der Waals surface area contributed by atoms with Gasteiger partial charge in [0.2, 0.25) is 5.78 Å². The van der Waals surface area contributed by atoms with Gasteiger partial charge in [0.15, 0.2) is 11.4 Å². The van der Waals surface area contributed by atoms with Crippen LogP contribution in [0.1, 0.15) is 24.0 Å². The molecule has 5 rings (SSSR count). The Balaban J connectivity index is 1.76. The predicted molar refractivity (Wildman–Crippen MR) is 142 cm³/mol. The van der Waals surface area contributed by atoms with Gasteiger partial charge in [-0.2, -0.15) is 0 Å². The van der Waals surface area contributed by atoms with Crippen molar-refractivity contribution in [3.63, 3.8) is 0 Å². The van der Waals surface area contributed by atoms with E-state index in [0.29, 0.717) is 22.4 Å². The molecule has 3 aliphatic rings. The fraction of sp³-hybridized carbons (Fsp3) is 0.345. The van der Waals surface area contributed by atoms with Crippen molar-refractivity contribution >= 4 is 23.2 Å². The van der Waals surface area contributed by atoms with Gasteiger partial charge in [0.25, 0.3) is 5.91 Å². The van der Waals surface area contributed by atoms with Gasteiger partial charge in [0.05, 0.1) is 30.7 Å². The van der Waals surface area contributed by atoms with Gasteiger partial charge in [-0.1, -0.05) is 31.2 Å². The lowest BCUT2D eigenvalue weighted by atomic mass is 9.54. The maximum Gasteiger partial charge on any atom is 0.255 e. The van der Waals surface area contributed by atoms with Crippen LogP contribution in [-0.4, -0.2) is 86.9 Å². The topological polar surface area (TPSA) is 191 Å². The van der Waals surface area contributed by atoms with Crippen LogP contribution in [0.5, 0.6) is 11.5 Å². The second kappa shape index (κ2) is 9.19. The number of nitrogens with zero attached hydrogens (tertiary/aromatic N) is 1. The van der Waals surface area contributed by atoms with E-state index in [1.165, 1.54) is 26.1 Å². The van der Waals surface area contributed by atoms with Crippen molar-refractivity contribution in [1.82, 2.24) is 4.90 Å². The lowest BCUT2D eigenvalue weighted by Crippen LogP contribution is -2.70. The molecular formula is C29H30N2O9. The molecule has 0 aromatic heterocycles. The number of carbonyl (C=O) groups is 3. The number of phenols is 1. The van der Waals surface area contributed by atoms with Gasteiger partial charge in [-0.15, -0.1) is 0 Å². The Morgan fingerprint density at radius 3 is 2.23 bits per heavy atom. The molecule has 7 N–H and O–H groups in total. The summed E-state index contributed by atoms with van der Waals surface area (Å²) in [6, 6.07) is 8.72. The summed E-state index contributed by atoms with van der Waals surface area (Å²) in [5.41, 5.74) is 2.30. The quantitative estimate of drug-likeness (QED) is 0.301. The largest absolute Gasteiger partial charge is 0.508 e. The first-order valence-corrected chi connectivity index (χ1v) is 12.6. The van der Waals surface area contributed by atoms with Crippen LogP contribution in [-0.2, 0) is 14.4 Å². The highest BCUT2D eigenvalue weighted by molar-refractivity contribution is 6.24. The number of nitrogens with two attached hydrogens (primary N) is 1. The van der Waals surface area contributed by atoms with E-state index in [0.717, 1.165) is 0 Å². The average Bonchev–Trinajstić information content (AvgIpc) is 2.90. The summed E-state index contributed by atoms with van der Waals surface area (Å²) in [6.45, 7) is 1.68. The van der Waals surface area contributed by atoms with E-state index in [-0.39, 0.29) is 11.3 Å². The smallest absolute Gasteiger partial charge is 0.255 e. The normalized spacial score (nSPS) is 29.7. The van der Waals surface area contributed by atoms with E-state index >= 15 is 0 Å². The molecule has 40 heavy (non-hydrogen) atoms. The molecular weight excluding hydrogens is 520 g/mol. The van der Waals surface area contributed by atoms with Crippen LogP contribution in [0.25, 0.3) is 16.9 Å². The summed E-state index contributed by atoms with van der Waals surface area (Å²) in [5, 5.41) is 57.2. The molecule has 1 fully saturated rings. The summed E-state index contributed by atoms with van der Waals surface area (Å²) in [4.78, 5) is 40.8. The number of ether oxygens (including phenoxy) is 1. The molecule has 0 spiro atoms. The number of rotatable bonds is 4. The van der Waals surface area contributed by atoms with E-state index in [4.69, 9.17) is 10.5 Å². The molecule has 210 valence electrons. The van der Waals surface area contributed by atoms with E-state index < -0.39 is 75.6 Å². The monoisotopic (exact) mass is 550 g/mol. The first-order valence-electron chi connectivity index (χ1n) is 12.6. The number of hydrogen-bond donors (Lipinski definition) is 6. The van der Waals surface area contributed by atoms with Gasteiger partial charge < -0.3 is 36.0 Å². The summed E-state index contributed by atoms with van der Waals surface area (Å²) < 4.78 is 5.18. The molecule has 11 nitrogen and oxygen atoms in total. The Kier molecular flexibility index (Phi) is 6.29. The SMILES string of the molecule is COc1ccc(-c2ccc3c(c2O)C(O)=C2C(=O)C4(O)C(O)=C(C(N)=O)C(=O)C(N(C)C)C4C(O)C2C3C)cc1. The van der Waals surface area contributed by atoms with Crippen LogP contribution in [0.15, 0.2) is 53.3 Å². The van der Waals surface area contributed by atoms with Gasteiger partial charge in [0, 0.05) is 17.1 Å². The zero-order chi connectivity index (χ0) is 29.4. The third kappa shape index (κ3) is 3.44. The van der Waals surface area contributed by atoms with E-state index in [1.807, 2.05) is 0 Å². The molecule has 2 aromatic carbocycles. The first-order chi connectivity index (χ1) is 18.8. The Morgan fingerprint density at radius 2 is 1.68 bits per heavy atom. The standard InChI is InChI=1S/C29H30N2O9/c1-11-14-9-10-15(12-5-7-13(40-4)8-6-12)22(32)17(14)23(33)18-16(11)24(34)20-21(31(2)3)25(35)19(28(30)38)27(37)29(20,39)26(18)36/h5-11,16,20-21,24,32-34,37,39H,1-4H3,(H2,30,38). The molecule has 0 saturated heterocycles. The maximum atomic E-state index is 14.1. The minimum Gasteiger partial charge on any atom is -0.508 e. The number of phenolic OH excluding ortho intramolecular Hbond substituents is 1. The van der Waals surface area contributed by atoms with Crippen LogP contribution in [0, 0.1) is 11.8 Å². The highest BCUT2D eigenvalue weighted by atomic mass is 16.5. The van der Waals surface area contributed by atoms with Crippen LogP contribution in [0.3, 0.4) is 0 Å². The molecule has 0 heterocycles. The van der Waals surface area contributed by atoms with Crippen molar-refractivity contribution in [1.29, 1.82) is 0 Å². The number of primary amides is 1. The number of fused-ring (bicyclic) bond motifs is 3. The Morgan fingerprint density at radius 1 is 1.05 bits per heavy atom. The number of carbonyl (C=O) groups excluding carboxylic acids is 3. The van der Waals surface area contributed by atoms with Crippen molar-refractivity contribution in [2.45, 2.75) is 30.6 Å². The number of Topliss-reactive ketones (excluding diaryl/α,β-unsaturated/α-hetero) is 2. The number of aromatic hydroxyl groups is 1. The zero-order valence-electron chi connectivity index (χ0n) is 22.2. The summed E-state index contributed by atoms with van der Waals surface area (Å²) in [6.07, 6.45) is -1.64. The van der Waals surface area contributed by atoms with Crippen LogP contribution < -0.4 is 10.5 Å². The number of aliphatic hydroxyl groups excluding tert-OH is 3. The van der Waals surface area contributed by atoms with Crippen molar-refractivity contribution < 1.29 is 44.7 Å². The van der Waals surface area contributed by atoms with Crippen molar-refractivity contribution in [3.05, 3.63) is 64.4 Å². The molecule has 3 aliphatic carbocycles. The minimum atomic E-state index is -2.95. The number of hydrogen-bond acceptors (Lipinski definition) is 10. The van der Waals surface area contributed by atoms with Crippen molar-refractivity contribution in [3.8, 4) is 22.6 Å². The second-order valence-electron chi connectivity index (χ2n) is 10.7. The lowest BCUT2D eigenvalue weighted by Gasteiger charge is -2.53. The zero-order valence-corrected chi connectivity index (χ0v) is 22.2. The molecule has 0 aliphatic heterocycles. The second-order valence-corrected chi connectivity index (χ2v) is 10.7. The average molecular weight is 551 g/mol. The Bertz CT molecular complexity index is 1520. The van der Waals surface area contributed by atoms with Gasteiger partial charge in [-0.3, -0.25) is 19.3 Å². The molecule has 6 unspecified atom stereocenters. The maximum absolute atomic E-state index is 14.1. The third-order valence-electron chi connectivity index (χ3n) is 8.53. The highest BCUT2D eigenvalue weighted by Crippen LogP contribution is 2.56. The van der Waals surface area contributed by atoms with Crippen LogP contribution >= 0.6 is 0 Å². The van der Waals surface area contributed by atoms with Crippen molar-refractivity contribution in [2.75, 3.05) is 21.2 Å². The highest BCUT2D eigenvalue weighted by Gasteiger charge is 2.68. The number of likely N-dealkylation sites (N-methyl/N-ethyl adjacent to an activating group) is 1. The summed E-state index contributed by atoms with van der Waals surface area (Å²) in [5.74, 6) is -8.59. The number of aliphatic hydroxyl groups is 4. The molecule has 1 amide bonds. The molecule has 6 atom stereocenters. The number of amides is 1. The first kappa shape index (κ1) is 27.4. The minimum absolute atomic E-state index is 0.0655. The van der Waals surface area contributed by atoms with Gasteiger partial charge in [-0.05, 0) is 43.3 Å². The van der Waals surface area contributed by atoms with Crippen LogP contribution in [0.4, 0.5) is 0 Å². The fourth-order valence-corrected chi connectivity index (χ4v) is 6.62. The van der Waals surface area contributed by atoms with Gasteiger partial charge >= 0.3 is 0 Å².